The topological polar surface area (TPSA) is 96.5 Å². The zero-order valence-corrected chi connectivity index (χ0v) is 16.8. The number of amides is 3. The molecule has 0 aliphatic rings. The van der Waals surface area contributed by atoms with E-state index in [0.717, 1.165) is 5.57 Å². The van der Waals surface area contributed by atoms with E-state index in [1.165, 1.54) is 0 Å². The summed E-state index contributed by atoms with van der Waals surface area (Å²) in [6.45, 7) is 10.9. The van der Waals surface area contributed by atoms with Gasteiger partial charge in [-0.3, -0.25) is 9.59 Å². The quantitative estimate of drug-likeness (QED) is 0.661. The number of allylic oxidation sites excluding steroid dienone is 1. The molecule has 27 heavy (non-hydrogen) atoms. The molecule has 0 atom stereocenters. The number of nitrogens with one attached hydrogen (secondary N) is 3. The van der Waals surface area contributed by atoms with Crippen molar-refractivity contribution in [1.29, 1.82) is 0 Å². The maximum absolute atomic E-state index is 12.0. The number of benzene rings is 1. The van der Waals surface area contributed by atoms with E-state index in [1.54, 1.807) is 51.1 Å². The molecule has 0 heterocycles. The Kier molecular flexibility index (Phi) is 8.02. The van der Waals surface area contributed by atoms with E-state index in [2.05, 4.69) is 16.0 Å². The van der Waals surface area contributed by atoms with Gasteiger partial charge in [-0.25, -0.2) is 4.79 Å². The number of hydrogen-bond acceptors (Lipinski definition) is 4. The summed E-state index contributed by atoms with van der Waals surface area (Å²) in [5.41, 5.74) is 1.42. The fraction of sp³-hybridized carbons (Fsp3) is 0.450. The van der Waals surface area contributed by atoms with E-state index in [4.69, 9.17) is 4.74 Å². The van der Waals surface area contributed by atoms with Gasteiger partial charge in [0.2, 0.25) is 11.8 Å². The molecule has 1 aromatic rings. The van der Waals surface area contributed by atoms with Crippen LogP contribution in [0.15, 0.2) is 35.9 Å². The number of carbonyl (C=O) groups is 3. The standard InChI is InChI=1S/C20H29N3O4/c1-13(2)14(3)10-17(24)22-15-8-7-9-16(11-15)23-18(25)12-21-19(26)27-20(4,5)6/h7-11,13H,12H2,1-6H3,(H,21,26)(H,22,24)(H,23,25)/b14-10+. The fourth-order valence-corrected chi connectivity index (χ4v) is 1.90. The summed E-state index contributed by atoms with van der Waals surface area (Å²) >= 11 is 0. The van der Waals surface area contributed by atoms with Crippen LogP contribution in [0, 0.1) is 5.92 Å². The molecule has 0 aromatic heterocycles. The van der Waals surface area contributed by atoms with Gasteiger partial charge in [0.25, 0.3) is 0 Å². The van der Waals surface area contributed by atoms with Crippen LogP contribution >= 0.6 is 0 Å². The van der Waals surface area contributed by atoms with Crippen molar-refractivity contribution >= 4 is 29.3 Å². The Balaban J connectivity index is 2.59. The van der Waals surface area contributed by atoms with Crippen molar-refractivity contribution in [3.63, 3.8) is 0 Å². The Hall–Kier alpha value is -2.83. The second kappa shape index (κ2) is 9.75. The largest absolute Gasteiger partial charge is 0.444 e. The second-order valence-electron chi connectivity index (χ2n) is 7.52. The highest BCUT2D eigenvalue weighted by Gasteiger charge is 2.16. The fourth-order valence-electron chi connectivity index (χ4n) is 1.90. The van der Waals surface area contributed by atoms with Crippen LogP contribution in [0.3, 0.4) is 0 Å². The molecule has 0 spiro atoms. The minimum atomic E-state index is -0.661. The van der Waals surface area contributed by atoms with E-state index in [0.29, 0.717) is 17.3 Å². The monoisotopic (exact) mass is 375 g/mol. The molecule has 7 heteroatoms. The number of rotatable bonds is 6. The summed E-state index contributed by atoms with van der Waals surface area (Å²) in [6, 6.07) is 6.77. The molecular formula is C20H29N3O4. The van der Waals surface area contributed by atoms with Crippen LogP contribution in [0.25, 0.3) is 0 Å². The van der Waals surface area contributed by atoms with Gasteiger partial charge in [0.05, 0.1) is 0 Å². The molecule has 3 amide bonds. The lowest BCUT2D eigenvalue weighted by Gasteiger charge is -2.19. The Bertz CT molecular complexity index is 718. The minimum Gasteiger partial charge on any atom is -0.444 e. The molecule has 7 nitrogen and oxygen atoms in total. The lowest BCUT2D eigenvalue weighted by atomic mass is 10.1. The van der Waals surface area contributed by atoms with Crippen LogP contribution in [0.2, 0.25) is 0 Å². The smallest absolute Gasteiger partial charge is 0.408 e. The first-order valence-electron chi connectivity index (χ1n) is 8.82. The van der Waals surface area contributed by atoms with Crippen molar-refractivity contribution < 1.29 is 19.1 Å². The van der Waals surface area contributed by atoms with Gasteiger partial charge in [-0.1, -0.05) is 25.5 Å². The maximum Gasteiger partial charge on any atom is 0.408 e. The van der Waals surface area contributed by atoms with Gasteiger partial charge in [0.1, 0.15) is 12.1 Å². The summed E-state index contributed by atoms with van der Waals surface area (Å²) < 4.78 is 5.07. The van der Waals surface area contributed by atoms with Gasteiger partial charge in [0, 0.05) is 17.5 Å². The van der Waals surface area contributed by atoms with Crippen LogP contribution < -0.4 is 16.0 Å². The molecule has 0 unspecified atom stereocenters. The van der Waals surface area contributed by atoms with E-state index >= 15 is 0 Å². The summed E-state index contributed by atoms with van der Waals surface area (Å²) in [7, 11) is 0. The molecule has 0 bridgehead atoms. The van der Waals surface area contributed by atoms with Gasteiger partial charge in [-0.2, -0.15) is 0 Å². The lowest BCUT2D eigenvalue weighted by molar-refractivity contribution is -0.115. The van der Waals surface area contributed by atoms with Crippen molar-refractivity contribution in [2.24, 2.45) is 5.92 Å². The first-order chi connectivity index (χ1) is 12.5. The molecule has 1 aromatic carbocycles. The van der Waals surface area contributed by atoms with E-state index in [1.807, 2.05) is 20.8 Å². The van der Waals surface area contributed by atoms with E-state index < -0.39 is 17.6 Å². The van der Waals surface area contributed by atoms with Crippen LogP contribution in [0.5, 0.6) is 0 Å². The average molecular weight is 375 g/mol. The van der Waals surface area contributed by atoms with Gasteiger partial charge >= 0.3 is 6.09 Å². The van der Waals surface area contributed by atoms with Gasteiger partial charge < -0.3 is 20.7 Å². The van der Waals surface area contributed by atoms with E-state index in [-0.39, 0.29) is 12.5 Å². The lowest BCUT2D eigenvalue weighted by Crippen LogP contribution is -2.37. The van der Waals surface area contributed by atoms with Crippen molar-refractivity contribution in [3.8, 4) is 0 Å². The number of hydrogen-bond donors (Lipinski definition) is 3. The van der Waals surface area contributed by atoms with Crippen LogP contribution in [0.4, 0.5) is 16.2 Å². The third kappa shape index (κ3) is 9.44. The molecule has 0 saturated carbocycles. The number of ether oxygens (including phenoxy) is 1. The minimum absolute atomic E-state index is 0.220. The summed E-state index contributed by atoms with van der Waals surface area (Å²) in [6.07, 6.45) is 0.895. The molecule has 0 aliphatic heterocycles. The van der Waals surface area contributed by atoms with Gasteiger partial charge in [0.15, 0.2) is 0 Å². The zero-order chi connectivity index (χ0) is 20.6. The van der Waals surface area contributed by atoms with Crippen molar-refractivity contribution in [2.75, 3.05) is 17.2 Å². The molecule has 0 radical (unpaired) electrons. The molecule has 0 aliphatic carbocycles. The Labute approximate surface area is 160 Å². The third-order valence-electron chi connectivity index (χ3n) is 3.48. The second-order valence-corrected chi connectivity index (χ2v) is 7.52. The first kappa shape index (κ1) is 22.2. The molecular weight excluding hydrogens is 346 g/mol. The molecule has 0 fully saturated rings. The number of carbonyl (C=O) groups excluding carboxylic acids is 3. The van der Waals surface area contributed by atoms with Crippen LogP contribution in [0.1, 0.15) is 41.5 Å². The summed E-state index contributed by atoms with van der Waals surface area (Å²) in [4.78, 5) is 35.5. The summed E-state index contributed by atoms with van der Waals surface area (Å²) in [5.74, 6) is -0.338. The third-order valence-corrected chi connectivity index (χ3v) is 3.48. The SMILES string of the molecule is C/C(=C\C(=O)Nc1cccc(NC(=O)CNC(=O)OC(C)(C)C)c1)C(C)C. The zero-order valence-electron chi connectivity index (χ0n) is 16.8. The number of alkyl carbamates (subject to hydrolysis) is 1. The van der Waals surface area contributed by atoms with Crippen molar-refractivity contribution in [3.05, 3.63) is 35.9 Å². The van der Waals surface area contributed by atoms with Crippen molar-refractivity contribution in [1.82, 2.24) is 5.32 Å². The number of anilines is 2. The maximum atomic E-state index is 12.0. The van der Waals surface area contributed by atoms with Crippen molar-refractivity contribution in [2.45, 2.75) is 47.1 Å². The molecule has 1 rings (SSSR count). The van der Waals surface area contributed by atoms with Gasteiger partial charge in [-0.05, 0) is 51.8 Å². The van der Waals surface area contributed by atoms with Crippen LogP contribution in [-0.4, -0.2) is 30.1 Å². The predicted octanol–water partition coefficient (Wildman–Crippen LogP) is 3.69. The highest BCUT2D eigenvalue weighted by atomic mass is 16.6. The Morgan fingerprint density at radius 1 is 1.11 bits per heavy atom. The molecule has 3 N–H and O–H groups in total. The average Bonchev–Trinajstić information content (AvgIpc) is 2.51. The predicted molar refractivity (Wildman–Crippen MR) is 107 cm³/mol. The Morgan fingerprint density at radius 3 is 2.26 bits per heavy atom. The Morgan fingerprint density at radius 2 is 1.70 bits per heavy atom. The highest BCUT2D eigenvalue weighted by molar-refractivity contribution is 6.00. The normalized spacial score (nSPS) is 11.7. The van der Waals surface area contributed by atoms with Crippen LogP contribution in [-0.2, 0) is 14.3 Å². The highest BCUT2D eigenvalue weighted by Crippen LogP contribution is 2.16. The van der Waals surface area contributed by atoms with Gasteiger partial charge in [-0.15, -0.1) is 0 Å². The van der Waals surface area contributed by atoms with E-state index in [9.17, 15) is 14.4 Å². The summed E-state index contributed by atoms with van der Waals surface area (Å²) in [5, 5.41) is 7.81. The molecule has 0 saturated heterocycles. The molecule has 148 valence electrons. The first-order valence-corrected chi connectivity index (χ1v) is 8.82.